The molecule has 6 nitrogen and oxygen atoms in total. The maximum Gasteiger partial charge on any atom is 0.446 e. The van der Waals surface area contributed by atoms with Crippen LogP contribution in [-0.4, -0.2) is 54.5 Å². The first-order valence-electron chi connectivity index (χ1n) is 10.8. The first-order chi connectivity index (χ1) is 15.9. The molecular formula is C23H25F3N2O4S2. The van der Waals surface area contributed by atoms with Crippen molar-refractivity contribution in [3.8, 4) is 0 Å². The number of sulfonamides is 1. The molecule has 1 fully saturated rings. The van der Waals surface area contributed by atoms with Crippen LogP contribution in [0.2, 0.25) is 0 Å². The smallest absolute Gasteiger partial charge is 0.446 e. The predicted molar refractivity (Wildman–Crippen MR) is 124 cm³/mol. The summed E-state index contributed by atoms with van der Waals surface area (Å²) in [5.41, 5.74) is -2.39. The van der Waals surface area contributed by atoms with Crippen LogP contribution in [0.25, 0.3) is 0 Å². The van der Waals surface area contributed by atoms with Gasteiger partial charge in [-0.1, -0.05) is 24.3 Å². The molecule has 4 rings (SSSR count). The molecule has 0 amide bonds. The van der Waals surface area contributed by atoms with E-state index in [4.69, 9.17) is 0 Å². The molecule has 4 atom stereocenters. The molecule has 0 radical (unpaired) electrons. The van der Waals surface area contributed by atoms with E-state index < -0.39 is 44.8 Å². The van der Waals surface area contributed by atoms with Crippen molar-refractivity contribution in [3.63, 3.8) is 0 Å². The van der Waals surface area contributed by atoms with E-state index in [-0.39, 0.29) is 23.1 Å². The minimum atomic E-state index is -4.36. The SMILES string of the molecule is CC1CN(c2ccc(SC(F)(F)F)cc2)CC(C)N1S(=O)(=O)[C@@H]1c2ccccc2C[C@@H]1C(=O)O. The highest BCUT2D eigenvalue weighted by Gasteiger charge is 2.50. The molecule has 11 heteroatoms. The molecule has 2 unspecified atom stereocenters. The largest absolute Gasteiger partial charge is 0.481 e. The third kappa shape index (κ3) is 4.78. The van der Waals surface area contributed by atoms with Gasteiger partial charge in [0.2, 0.25) is 10.0 Å². The summed E-state index contributed by atoms with van der Waals surface area (Å²) in [6, 6.07) is 12.0. The molecule has 184 valence electrons. The molecule has 2 aliphatic rings. The average molecular weight is 515 g/mol. The van der Waals surface area contributed by atoms with Crippen LogP contribution in [0.1, 0.15) is 30.2 Å². The summed E-state index contributed by atoms with van der Waals surface area (Å²) >= 11 is -0.182. The van der Waals surface area contributed by atoms with Crippen molar-refractivity contribution < 1.29 is 31.5 Å². The van der Waals surface area contributed by atoms with Gasteiger partial charge in [-0.05, 0) is 67.4 Å². The number of piperazine rings is 1. The Morgan fingerprint density at radius 1 is 1.03 bits per heavy atom. The molecule has 1 heterocycles. The zero-order valence-corrected chi connectivity index (χ0v) is 20.2. The van der Waals surface area contributed by atoms with Crippen molar-refractivity contribution in [3.05, 3.63) is 59.7 Å². The van der Waals surface area contributed by atoms with E-state index in [9.17, 15) is 31.5 Å². The van der Waals surface area contributed by atoms with Crippen molar-refractivity contribution in [1.29, 1.82) is 0 Å². The lowest BCUT2D eigenvalue weighted by molar-refractivity contribution is -0.141. The molecule has 1 saturated heterocycles. The van der Waals surface area contributed by atoms with Crippen LogP contribution in [0, 0.1) is 5.92 Å². The Hall–Kier alpha value is -2.24. The lowest BCUT2D eigenvalue weighted by Crippen LogP contribution is -2.59. The molecule has 2 aromatic carbocycles. The summed E-state index contributed by atoms with van der Waals surface area (Å²) in [5.74, 6) is -2.20. The zero-order valence-electron chi connectivity index (χ0n) is 18.6. The highest BCUT2D eigenvalue weighted by atomic mass is 32.2. The first kappa shape index (κ1) is 24.9. The standard InChI is InChI=1S/C23H25F3N2O4S2/c1-14-12-27(17-7-9-18(10-8-17)33-23(24,25)26)13-15(2)28(14)34(31,32)21-19-6-4-3-5-16(19)11-20(21)22(29)30/h3-10,14-15,20-21H,11-13H2,1-2H3,(H,29,30)/t14?,15?,20-,21+/m0/s1. The number of nitrogens with zero attached hydrogens (tertiary/aromatic N) is 2. The minimum Gasteiger partial charge on any atom is -0.481 e. The summed E-state index contributed by atoms with van der Waals surface area (Å²) in [6.45, 7) is 4.21. The number of carboxylic acids is 1. The third-order valence-electron chi connectivity index (χ3n) is 6.37. The number of carboxylic acid groups (broad SMARTS) is 1. The van der Waals surface area contributed by atoms with Gasteiger partial charge in [0.15, 0.2) is 0 Å². The van der Waals surface area contributed by atoms with Gasteiger partial charge in [-0.15, -0.1) is 0 Å². The van der Waals surface area contributed by atoms with Crippen molar-refractivity contribution in [2.75, 3.05) is 18.0 Å². The normalized spacial score (nSPS) is 25.9. The average Bonchev–Trinajstić information content (AvgIpc) is 3.13. The maximum absolute atomic E-state index is 13.8. The molecule has 1 aliphatic carbocycles. The summed E-state index contributed by atoms with van der Waals surface area (Å²) < 4.78 is 66.9. The number of hydrogen-bond donors (Lipinski definition) is 1. The van der Waals surface area contributed by atoms with Crippen molar-refractivity contribution >= 4 is 33.4 Å². The van der Waals surface area contributed by atoms with Gasteiger partial charge in [0.1, 0.15) is 5.25 Å². The van der Waals surface area contributed by atoms with Gasteiger partial charge in [0.05, 0.1) is 5.92 Å². The van der Waals surface area contributed by atoms with Crippen LogP contribution in [0.3, 0.4) is 0 Å². The van der Waals surface area contributed by atoms with Gasteiger partial charge in [-0.2, -0.15) is 17.5 Å². The second-order valence-electron chi connectivity index (χ2n) is 8.79. The Morgan fingerprint density at radius 3 is 2.18 bits per heavy atom. The van der Waals surface area contributed by atoms with Gasteiger partial charge in [0.25, 0.3) is 0 Å². The van der Waals surface area contributed by atoms with E-state index in [2.05, 4.69) is 0 Å². The van der Waals surface area contributed by atoms with Crippen molar-refractivity contribution in [2.45, 2.75) is 48.0 Å². The number of thioether (sulfide) groups is 1. The fraction of sp³-hybridized carbons (Fsp3) is 0.435. The Kier molecular flexibility index (Phi) is 6.65. The van der Waals surface area contributed by atoms with Gasteiger partial charge < -0.3 is 10.0 Å². The molecule has 34 heavy (non-hydrogen) atoms. The monoisotopic (exact) mass is 514 g/mol. The highest BCUT2D eigenvalue weighted by Crippen LogP contribution is 2.45. The lowest BCUT2D eigenvalue weighted by atomic mass is 10.1. The fourth-order valence-corrected chi connectivity index (χ4v) is 8.27. The zero-order chi connectivity index (χ0) is 24.8. The fourth-order valence-electron chi connectivity index (χ4n) is 5.15. The Balaban J connectivity index is 1.57. The second-order valence-corrected chi connectivity index (χ2v) is 11.9. The van der Waals surface area contributed by atoms with Crippen LogP contribution in [0.4, 0.5) is 18.9 Å². The van der Waals surface area contributed by atoms with E-state index in [1.807, 2.05) is 4.90 Å². The Labute approximate surface area is 200 Å². The van der Waals surface area contributed by atoms with Gasteiger partial charge in [-0.3, -0.25) is 4.79 Å². The van der Waals surface area contributed by atoms with Crippen molar-refractivity contribution in [2.24, 2.45) is 5.92 Å². The summed E-state index contributed by atoms with van der Waals surface area (Å²) in [5, 5.41) is 8.61. The lowest BCUT2D eigenvalue weighted by Gasteiger charge is -2.45. The van der Waals surface area contributed by atoms with Gasteiger partial charge in [0, 0.05) is 35.8 Å². The van der Waals surface area contributed by atoms with Gasteiger partial charge in [-0.25, -0.2) is 8.42 Å². The summed E-state index contributed by atoms with van der Waals surface area (Å²) in [4.78, 5) is 14.0. The number of fused-ring (bicyclic) bond motifs is 1. The van der Waals surface area contributed by atoms with Gasteiger partial charge >= 0.3 is 11.5 Å². The molecule has 0 aromatic heterocycles. The number of aliphatic carboxylic acids is 1. The Bertz CT molecular complexity index is 1160. The number of hydrogen-bond acceptors (Lipinski definition) is 5. The first-order valence-corrected chi connectivity index (χ1v) is 13.1. The van der Waals surface area contributed by atoms with E-state index in [1.165, 1.54) is 16.4 Å². The third-order valence-corrected chi connectivity index (χ3v) is 9.64. The Morgan fingerprint density at radius 2 is 1.62 bits per heavy atom. The van der Waals surface area contributed by atoms with Crippen LogP contribution in [0.15, 0.2) is 53.4 Å². The molecule has 0 spiro atoms. The molecule has 1 aliphatic heterocycles. The number of alkyl halides is 3. The molecular weight excluding hydrogens is 489 g/mol. The van der Waals surface area contributed by atoms with Crippen LogP contribution >= 0.6 is 11.8 Å². The number of benzene rings is 2. The van der Waals surface area contributed by atoms with Crippen LogP contribution in [0.5, 0.6) is 0 Å². The molecule has 0 bridgehead atoms. The minimum absolute atomic E-state index is 0.0816. The molecule has 0 saturated carbocycles. The van der Waals surface area contributed by atoms with Crippen LogP contribution < -0.4 is 4.90 Å². The number of halogens is 3. The highest BCUT2D eigenvalue weighted by molar-refractivity contribution is 8.00. The van der Waals surface area contributed by atoms with Crippen molar-refractivity contribution in [1.82, 2.24) is 4.31 Å². The number of carbonyl (C=O) groups is 1. The maximum atomic E-state index is 13.8. The van der Waals surface area contributed by atoms with E-state index >= 15 is 0 Å². The molecule has 2 aromatic rings. The number of anilines is 1. The van der Waals surface area contributed by atoms with Crippen LogP contribution in [-0.2, 0) is 21.2 Å². The van der Waals surface area contributed by atoms with E-state index in [1.54, 1.807) is 50.2 Å². The summed E-state index contributed by atoms with van der Waals surface area (Å²) in [7, 11) is -4.00. The quantitative estimate of drug-likeness (QED) is 0.591. The predicted octanol–water partition coefficient (Wildman–Crippen LogP) is 4.53. The topological polar surface area (TPSA) is 77.9 Å². The number of rotatable bonds is 5. The summed E-state index contributed by atoms with van der Waals surface area (Å²) in [6.07, 6.45) is 0.167. The van der Waals surface area contributed by atoms with E-state index in [0.717, 1.165) is 5.56 Å². The molecule has 1 N–H and O–H groups in total. The van der Waals surface area contributed by atoms with E-state index in [0.29, 0.717) is 24.3 Å². The second kappa shape index (κ2) is 9.09.